The van der Waals surface area contributed by atoms with Gasteiger partial charge in [0.2, 0.25) is 0 Å². The number of carbonyl (C=O) groups excluding carboxylic acids is 1. The molecule has 1 fully saturated rings. The zero-order chi connectivity index (χ0) is 19.6. The molecular weight excluding hydrogens is 364 g/mol. The fraction of sp³-hybridized carbons (Fsp3) is 0.273. The third-order valence-corrected chi connectivity index (χ3v) is 5.63. The lowest BCUT2D eigenvalue weighted by Crippen LogP contribution is -2.38. The molecule has 0 saturated carbocycles. The first-order chi connectivity index (χ1) is 14.3. The van der Waals surface area contributed by atoms with Gasteiger partial charge in [-0.1, -0.05) is 6.07 Å². The van der Waals surface area contributed by atoms with E-state index in [-0.39, 0.29) is 5.91 Å². The van der Waals surface area contributed by atoms with E-state index in [9.17, 15) is 4.79 Å². The zero-order valence-electron chi connectivity index (χ0n) is 16.1. The second-order valence-corrected chi connectivity index (χ2v) is 7.41. The summed E-state index contributed by atoms with van der Waals surface area (Å²) in [4.78, 5) is 28.0. The van der Waals surface area contributed by atoms with Gasteiger partial charge in [0.1, 0.15) is 17.2 Å². The molecule has 0 unspecified atom stereocenters. The Morgan fingerprint density at radius 1 is 1.00 bits per heavy atom. The van der Waals surface area contributed by atoms with Crippen LogP contribution < -0.4 is 0 Å². The molecule has 146 valence electrons. The van der Waals surface area contributed by atoms with Crippen molar-refractivity contribution in [2.24, 2.45) is 0 Å². The maximum Gasteiger partial charge on any atom is 0.272 e. The summed E-state index contributed by atoms with van der Waals surface area (Å²) in [6.45, 7) is 2.25. The first kappa shape index (κ1) is 17.6. The van der Waals surface area contributed by atoms with E-state index in [2.05, 4.69) is 19.5 Å². The van der Waals surface area contributed by atoms with Gasteiger partial charge in [-0.05, 0) is 42.7 Å². The number of piperidine rings is 1. The van der Waals surface area contributed by atoms with E-state index in [4.69, 9.17) is 0 Å². The molecule has 4 aromatic rings. The van der Waals surface area contributed by atoms with Crippen LogP contribution in [0.2, 0.25) is 0 Å². The summed E-state index contributed by atoms with van der Waals surface area (Å²) in [5.74, 6) is 1.50. The average Bonchev–Trinajstić information content (AvgIpc) is 3.41. The molecule has 0 aliphatic carbocycles. The quantitative estimate of drug-likeness (QED) is 0.541. The molecule has 0 aromatic carbocycles. The summed E-state index contributed by atoms with van der Waals surface area (Å²) in [5.41, 5.74) is 2.63. The normalized spacial score (nSPS) is 15.1. The topological polar surface area (TPSA) is 68.3 Å². The van der Waals surface area contributed by atoms with Gasteiger partial charge in [0.15, 0.2) is 0 Å². The minimum absolute atomic E-state index is 0.0438. The van der Waals surface area contributed by atoms with Crippen LogP contribution in [0.5, 0.6) is 0 Å². The molecule has 7 heteroatoms. The van der Waals surface area contributed by atoms with Crippen molar-refractivity contribution in [3.63, 3.8) is 0 Å². The van der Waals surface area contributed by atoms with E-state index >= 15 is 0 Å². The number of fused-ring (bicyclic) bond motifs is 1. The van der Waals surface area contributed by atoms with Crippen molar-refractivity contribution in [3.8, 4) is 0 Å². The zero-order valence-corrected chi connectivity index (χ0v) is 16.1. The monoisotopic (exact) mass is 386 g/mol. The maximum atomic E-state index is 13.0. The molecule has 0 N–H and O–H groups in total. The third kappa shape index (κ3) is 3.40. The number of aromatic nitrogens is 5. The summed E-state index contributed by atoms with van der Waals surface area (Å²) in [5, 5.41) is 0. The van der Waals surface area contributed by atoms with E-state index in [1.54, 1.807) is 6.20 Å². The molecule has 0 radical (unpaired) electrons. The van der Waals surface area contributed by atoms with Crippen molar-refractivity contribution in [3.05, 3.63) is 84.6 Å². The van der Waals surface area contributed by atoms with Crippen molar-refractivity contribution < 1.29 is 4.79 Å². The molecular formula is C22H22N6O. The number of amides is 1. The lowest BCUT2D eigenvalue weighted by molar-refractivity contribution is 0.0703. The number of likely N-dealkylation sites (tertiary alicyclic amines) is 1. The molecule has 1 saturated heterocycles. The minimum atomic E-state index is 0.0438. The highest BCUT2D eigenvalue weighted by atomic mass is 16.2. The summed E-state index contributed by atoms with van der Waals surface area (Å²) >= 11 is 0. The number of hydrogen-bond donors (Lipinski definition) is 0. The Hall–Kier alpha value is -3.48. The highest BCUT2D eigenvalue weighted by Gasteiger charge is 2.28. The van der Waals surface area contributed by atoms with E-state index in [0.717, 1.165) is 43.9 Å². The summed E-state index contributed by atoms with van der Waals surface area (Å²) in [7, 11) is 0. The van der Waals surface area contributed by atoms with Crippen LogP contribution in [0.1, 0.15) is 40.6 Å². The second-order valence-electron chi connectivity index (χ2n) is 7.41. The standard InChI is InChI=1S/C22H22N6O/c29-22(19-15-25-20-3-1-2-11-28(19)20)26-12-6-18(7-13-26)21-24-10-14-27(21)16-17-4-8-23-9-5-17/h1-5,8-11,14-15,18H,6-7,12-13,16H2. The van der Waals surface area contributed by atoms with Crippen LogP contribution in [-0.4, -0.2) is 47.8 Å². The highest BCUT2D eigenvalue weighted by Crippen LogP contribution is 2.28. The fourth-order valence-corrected chi connectivity index (χ4v) is 4.09. The Balaban J connectivity index is 1.28. The molecule has 0 spiro atoms. The smallest absolute Gasteiger partial charge is 0.272 e. The van der Waals surface area contributed by atoms with Gasteiger partial charge in [0.25, 0.3) is 5.91 Å². The van der Waals surface area contributed by atoms with E-state index < -0.39 is 0 Å². The second kappa shape index (κ2) is 7.50. The van der Waals surface area contributed by atoms with Gasteiger partial charge in [-0.3, -0.25) is 14.2 Å². The van der Waals surface area contributed by atoms with Crippen molar-refractivity contribution in [1.82, 2.24) is 28.8 Å². The van der Waals surface area contributed by atoms with Crippen LogP contribution in [0.4, 0.5) is 0 Å². The molecule has 1 amide bonds. The third-order valence-electron chi connectivity index (χ3n) is 5.63. The van der Waals surface area contributed by atoms with Crippen LogP contribution >= 0.6 is 0 Å². The van der Waals surface area contributed by atoms with Gasteiger partial charge < -0.3 is 9.47 Å². The summed E-state index contributed by atoms with van der Waals surface area (Å²) in [6.07, 6.45) is 12.9. The van der Waals surface area contributed by atoms with Gasteiger partial charge in [-0.15, -0.1) is 0 Å². The Morgan fingerprint density at radius 3 is 2.66 bits per heavy atom. The van der Waals surface area contributed by atoms with E-state index in [1.165, 1.54) is 5.56 Å². The molecule has 29 heavy (non-hydrogen) atoms. The fourth-order valence-electron chi connectivity index (χ4n) is 4.09. The molecule has 4 aromatic heterocycles. The lowest BCUT2D eigenvalue weighted by Gasteiger charge is -2.31. The molecule has 5 heterocycles. The number of rotatable bonds is 4. The largest absolute Gasteiger partial charge is 0.337 e. The number of pyridine rings is 2. The highest BCUT2D eigenvalue weighted by molar-refractivity contribution is 5.93. The van der Waals surface area contributed by atoms with Gasteiger partial charge in [-0.2, -0.15) is 0 Å². The number of hydrogen-bond acceptors (Lipinski definition) is 4. The Morgan fingerprint density at radius 2 is 1.83 bits per heavy atom. The van der Waals surface area contributed by atoms with Crippen LogP contribution in [-0.2, 0) is 6.54 Å². The molecule has 0 bridgehead atoms. The number of nitrogens with zero attached hydrogens (tertiary/aromatic N) is 6. The number of imidazole rings is 2. The van der Waals surface area contributed by atoms with Crippen molar-refractivity contribution in [2.75, 3.05) is 13.1 Å². The van der Waals surface area contributed by atoms with Crippen LogP contribution in [0.25, 0.3) is 5.65 Å². The SMILES string of the molecule is O=C(c1cnc2ccccn12)N1CCC(c2nccn2Cc2ccncc2)CC1. The first-order valence-corrected chi connectivity index (χ1v) is 9.91. The van der Waals surface area contributed by atoms with E-state index in [0.29, 0.717) is 11.6 Å². The van der Waals surface area contributed by atoms with Gasteiger partial charge in [0.05, 0.1) is 6.20 Å². The number of carbonyl (C=O) groups is 1. The molecule has 0 atom stereocenters. The van der Waals surface area contributed by atoms with Crippen LogP contribution in [0.15, 0.2) is 67.5 Å². The summed E-state index contributed by atoms with van der Waals surface area (Å²) in [6, 6.07) is 9.81. The van der Waals surface area contributed by atoms with Crippen molar-refractivity contribution in [2.45, 2.75) is 25.3 Å². The molecule has 5 rings (SSSR count). The Bertz CT molecular complexity index is 1120. The molecule has 1 aliphatic rings. The van der Waals surface area contributed by atoms with Crippen LogP contribution in [0, 0.1) is 0 Å². The lowest BCUT2D eigenvalue weighted by atomic mass is 9.95. The molecule has 1 aliphatic heterocycles. The average molecular weight is 386 g/mol. The van der Waals surface area contributed by atoms with Crippen molar-refractivity contribution in [1.29, 1.82) is 0 Å². The first-order valence-electron chi connectivity index (χ1n) is 9.91. The van der Waals surface area contributed by atoms with Gasteiger partial charge in [-0.25, -0.2) is 9.97 Å². The Kier molecular flexibility index (Phi) is 4.56. The minimum Gasteiger partial charge on any atom is -0.337 e. The predicted molar refractivity (Wildman–Crippen MR) is 109 cm³/mol. The molecule has 7 nitrogen and oxygen atoms in total. The Labute approximate surface area is 168 Å². The van der Waals surface area contributed by atoms with Gasteiger partial charge in [0, 0.05) is 56.5 Å². The maximum absolute atomic E-state index is 13.0. The van der Waals surface area contributed by atoms with Crippen molar-refractivity contribution >= 4 is 11.6 Å². The van der Waals surface area contributed by atoms with Crippen LogP contribution in [0.3, 0.4) is 0 Å². The predicted octanol–water partition coefficient (Wildman–Crippen LogP) is 2.99. The summed E-state index contributed by atoms with van der Waals surface area (Å²) < 4.78 is 4.07. The van der Waals surface area contributed by atoms with Gasteiger partial charge >= 0.3 is 0 Å². The van der Waals surface area contributed by atoms with E-state index in [1.807, 2.05) is 70.6 Å².